The van der Waals surface area contributed by atoms with Gasteiger partial charge < -0.3 is 67.7 Å². The molecule has 1 aromatic rings. The van der Waals surface area contributed by atoms with Crippen molar-refractivity contribution < 1.29 is 4.92 Å². The first-order valence-corrected chi connectivity index (χ1v) is 2.20. The van der Waals surface area contributed by atoms with Gasteiger partial charge in [-0.25, -0.2) is 9.97 Å². The molecule has 0 aromatic carbocycles. The summed E-state index contributed by atoms with van der Waals surface area (Å²) in [7, 11) is 0. The first-order valence-electron chi connectivity index (χ1n) is 2.20. The van der Waals surface area contributed by atoms with Crippen LogP contribution in [-0.2, 0) is 0 Å². The van der Waals surface area contributed by atoms with E-state index in [-0.39, 0.29) is 73.3 Å². The van der Waals surface area contributed by atoms with E-state index in [1.54, 1.807) is 0 Å². The van der Waals surface area contributed by atoms with Gasteiger partial charge in [-0.1, -0.05) is 0 Å². The Morgan fingerprint density at radius 2 is 0.950 bits per heavy atom. The average molecular weight is 312 g/mol. The van der Waals surface area contributed by atoms with Crippen LogP contribution in [0.15, 0.2) is 18.7 Å². The molecule has 0 unspecified atom stereocenters. The number of hydrogen-bond acceptors (Lipinski definition) is 15. The van der Waals surface area contributed by atoms with Crippen LogP contribution in [0.25, 0.3) is 0 Å². The molecule has 134 valence electrons. The van der Waals surface area contributed by atoms with Crippen molar-refractivity contribution in [3.63, 3.8) is 0 Å². The summed E-state index contributed by atoms with van der Waals surface area (Å²) in [6.07, 6.45) is 3.53. The maximum absolute atomic E-state index is 9.93. The van der Waals surface area contributed by atoms with Crippen molar-refractivity contribution in [1.29, 1.82) is 0 Å². The van der Waals surface area contributed by atoms with Gasteiger partial charge in [0.2, 0.25) is 0 Å². The van der Waals surface area contributed by atoms with E-state index >= 15 is 0 Å². The minimum atomic E-state index is -0.542. The van der Waals surface area contributed by atoms with Gasteiger partial charge in [0.1, 0.15) is 18.7 Å². The molecule has 1 aromatic heterocycles. The van der Waals surface area contributed by atoms with Gasteiger partial charge in [-0.3, -0.25) is 10.1 Å². The third-order valence-electron chi connectivity index (χ3n) is 0.758. The number of nitrogens with zero attached hydrogens (tertiary/aromatic N) is 3. The second kappa shape index (κ2) is 53.6. The fraction of sp³-hybridized carbons (Fsp3) is 0. The fourth-order valence-electron chi connectivity index (χ4n) is 0.386. The predicted molar refractivity (Wildman–Crippen MR) is 83.9 cm³/mol. The quantitative estimate of drug-likeness (QED) is 0.261. The lowest BCUT2D eigenvalue weighted by atomic mass is 10.6. The second-order valence-electron chi connectivity index (χ2n) is 1.35. The third-order valence-corrected chi connectivity index (χ3v) is 0.758. The lowest BCUT2D eigenvalue weighted by Crippen LogP contribution is -1.88. The number of rotatable bonds is 1. The van der Waals surface area contributed by atoms with Crippen LogP contribution >= 0.6 is 0 Å². The molecule has 0 aliphatic rings. The van der Waals surface area contributed by atoms with E-state index in [4.69, 9.17) is 0 Å². The molecule has 1 heterocycles. The Morgan fingerprint density at radius 1 is 0.700 bits per heavy atom. The molecule has 0 aliphatic carbocycles. The number of nitro groups is 1. The Morgan fingerprint density at radius 3 is 1.10 bits per heavy atom. The zero-order valence-corrected chi connectivity index (χ0v) is 12.2. The molecular weight excluding hydrogens is 276 g/mol. The van der Waals surface area contributed by atoms with Crippen molar-refractivity contribution in [1.82, 2.24) is 77.6 Å². The van der Waals surface area contributed by atoms with Crippen LogP contribution in [0.1, 0.15) is 0 Å². The molecule has 20 heavy (non-hydrogen) atoms. The van der Waals surface area contributed by atoms with Crippen molar-refractivity contribution in [2.24, 2.45) is 0 Å². The van der Waals surface area contributed by atoms with Crippen molar-refractivity contribution >= 4 is 5.69 Å². The van der Waals surface area contributed by atoms with Crippen LogP contribution in [0, 0.1) is 10.1 Å². The fourth-order valence-corrected chi connectivity index (χ4v) is 0.386. The Labute approximate surface area is 118 Å². The molecule has 0 aliphatic heterocycles. The van der Waals surface area contributed by atoms with Gasteiger partial charge in [-0.15, -0.1) is 0 Å². The Kier molecular flexibility index (Phi) is 283. The summed E-state index contributed by atoms with van der Waals surface area (Å²) < 4.78 is 0. The largest absolute Gasteiger partial charge is 0.344 e. The minimum absolute atomic E-state index is 0. The normalized spacial score (nSPS) is 4.00. The maximum Gasteiger partial charge on any atom is 0.305 e. The topological polar surface area (TPSA) is 454 Å². The van der Waals surface area contributed by atoms with E-state index in [9.17, 15) is 10.1 Å². The van der Waals surface area contributed by atoms with Crippen LogP contribution in [-0.4, -0.2) is 14.9 Å². The molecule has 0 amide bonds. The Bertz CT molecular complexity index is 220. The molecule has 33 N–H and O–H groups in total. The number of hydrogen-bond donors (Lipinski definition) is 11. The van der Waals surface area contributed by atoms with Gasteiger partial charge in [-0.2, -0.15) is 0 Å². The van der Waals surface area contributed by atoms with Crippen molar-refractivity contribution in [2.75, 3.05) is 0 Å². The summed E-state index contributed by atoms with van der Waals surface area (Å²) >= 11 is 0. The molecule has 0 atom stereocenters. The van der Waals surface area contributed by atoms with Crippen LogP contribution < -0.4 is 67.7 Å². The molecule has 16 nitrogen and oxygen atoms in total. The minimum Gasteiger partial charge on any atom is -0.344 e. The highest BCUT2D eigenvalue weighted by molar-refractivity contribution is 5.18. The van der Waals surface area contributed by atoms with Gasteiger partial charge in [0.15, 0.2) is 0 Å². The van der Waals surface area contributed by atoms with Crippen molar-refractivity contribution in [3.8, 4) is 0 Å². The van der Waals surface area contributed by atoms with Crippen molar-refractivity contribution in [2.45, 2.75) is 0 Å². The van der Waals surface area contributed by atoms with Crippen LogP contribution in [0.3, 0.4) is 0 Å². The Hall–Kier alpha value is -1.96. The molecule has 0 spiro atoms. The third kappa shape index (κ3) is 36.0. The van der Waals surface area contributed by atoms with Gasteiger partial charge in [0.05, 0.1) is 4.92 Å². The van der Waals surface area contributed by atoms with Gasteiger partial charge >= 0.3 is 5.69 Å². The van der Waals surface area contributed by atoms with E-state index in [1.807, 2.05) is 0 Å². The van der Waals surface area contributed by atoms with Gasteiger partial charge in [-0.05, 0) is 0 Å². The molecule has 1 rings (SSSR count). The summed E-state index contributed by atoms with van der Waals surface area (Å²) in [6, 6.07) is 0. The Balaban J connectivity index is -0.00000000818. The zero-order chi connectivity index (χ0) is 6.69. The molecule has 0 radical (unpaired) electrons. The SMILES string of the molecule is N.N.N.N.N.N.N.N.N.N.N.O=[N+]([O-])c1cncnc1. The molecule has 16 heteroatoms. The maximum atomic E-state index is 9.93. The summed E-state index contributed by atoms with van der Waals surface area (Å²) in [5.74, 6) is 0. The standard InChI is InChI=1S/C4H3N3O2.11H3N/c8-7(9)4-1-5-3-6-2-4;;;;;;;;;;;/h1-3H;11*1H3. The highest BCUT2D eigenvalue weighted by Crippen LogP contribution is 2.02. The highest BCUT2D eigenvalue weighted by Gasteiger charge is 2.01. The molecule has 0 saturated heterocycles. The van der Waals surface area contributed by atoms with E-state index < -0.39 is 4.92 Å². The summed E-state index contributed by atoms with van der Waals surface area (Å²) in [5.41, 5.74) is -0.0856. The first kappa shape index (κ1) is 106. The van der Waals surface area contributed by atoms with Gasteiger partial charge in [0.25, 0.3) is 0 Å². The zero-order valence-electron chi connectivity index (χ0n) is 12.2. The smallest absolute Gasteiger partial charge is 0.305 e. The second-order valence-corrected chi connectivity index (χ2v) is 1.35. The lowest BCUT2D eigenvalue weighted by Gasteiger charge is -1.84. The van der Waals surface area contributed by atoms with Crippen LogP contribution in [0.2, 0.25) is 0 Å². The predicted octanol–water partition coefficient (Wildman–Crippen LogP) is 2.17. The molecule has 0 bridgehead atoms. The van der Waals surface area contributed by atoms with E-state index in [1.165, 1.54) is 6.33 Å². The van der Waals surface area contributed by atoms with Crippen LogP contribution in [0.5, 0.6) is 0 Å². The van der Waals surface area contributed by atoms with E-state index in [0.717, 1.165) is 12.4 Å². The summed E-state index contributed by atoms with van der Waals surface area (Å²) in [5, 5.41) is 9.93. The van der Waals surface area contributed by atoms with Crippen LogP contribution in [0.4, 0.5) is 5.69 Å². The highest BCUT2D eigenvalue weighted by atomic mass is 16.6. The van der Waals surface area contributed by atoms with E-state index in [2.05, 4.69) is 9.97 Å². The first-order chi connectivity index (χ1) is 4.30. The summed E-state index contributed by atoms with van der Waals surface area (Å²) in [6.45, 7) is 0. The molecular formula is C4H36N14O2. The lowest BCUT2D eigenvalue weighted by molar-refractivity contribution is -0.385. The van der Waals surface area contributed by atoms with Gasteiger partial charge in [0, 0.05) is 0 Å². The van der Waals surface area contributed by atoms with E-state index in [0.29, 0.717) is 0 Å². The number of aromatic nitrogens is 2. The average Bonchev–Trinajstić information content (AvgIpc) is 1.90. The monoisotopic (exact) mass is 312 g/mol. The molecule has 0 saturated carbocycles. The molecule has 0 fully saturated rings. The van der Waals surface area contributed by atoms with Crippen molar-refractivity contribution in [3.05, 3.63) is 28.8 Å². The summed E-state index contributed by atoms with van der Waals surface area (Å²) in [4.78, 5) is 16.3.